The maximum atomic E-state index is 4.71. The number of aliphatic imine (C=N–C) groups is 1. The van der Waals surface area contributed by atoms with Gasteiger partial charge < -0.3 is 0 Å². The monoisotopic (exact) mass is 313 g/mol. The normalized spacial score (nSPS) is 13.3. The van der Waals surface area contributed by atoms with Crippen molar-refractivity contribution >= 4 is 5.71 Å². The van der Waals surface area contributed by atoms with Gasteiger partial charge in [-0.15, -0.1) is 0 Å². The maximum Gasteiger partial charge on any atom is 0.0450 e. The number of hydrogen-bond acceptors (Lipinski definition) is 1. The Balaban J connectivity index is 3.68. The zero-order valence-electron chi connectivity index (χ0n) is 16.7. The van der Waals surface area contributed by atoms with Crippen LogP contribution in [0.1, 0.15) is 91.0 Å². The van der Waals surface area contributed by atoms with Gasteiger partial charge in [0.15, 0.2) is 0 Å². The summed E-state index contributed by atoms with van der Waals surface area (Å²) < 4.78 is 0. The number of benzene rings is 1. The maximum absolute atomic E-state index is 4.71. The van der Waals surface area contributed by atoms with Crippen molar-refractivity contribution in [2.45, 2.75) is 86.0 Å². The molecule has 1 heteroatoms. The first-order valence-corrected chi connectivity index (χ1v) is 8.83. The predicted molar refractivity (Wildman–Crippen MR) is 105 cm³/mol. The van der Waals surface area contributed by atoms with Crippen LogP contribution < -0.4 is 0 Å². The van der Waals surface area contributed by atoms with Crippen LogP contribution in [0.5, 0.6) is 0 Å². The van der Waals surface area contributed by atoms with E-state index in [4.69, 9.17) is 4.99 Å². The molecule has 0 saturated carbocycles. The molecule has 0 aliphatic carbocycles. The van der Waals surface area contributed by atoms with Gasteiger partial charge in [0.1, 0.15) is 0 Å². The SMILES string of the molecule is C=C(CC)/N=C(\C)c1cc(C(C)(C)C)c(C(C)(C)C)cc1CC. The van der Waals surface area contributed by atoms with Crippen molar-refractivity contribution in [1.29, 1.82) is 0 Å². The van der Waals surface area contributed by atoms with Crippen LogP contribution in [0.3, 0.4) is 0 Å². The van der Waals surface area contributed by atoms with Gasteiger partial charge in [0.25, 0.3) is 0 Å². The van der Waals surface area contributed by atoms with E-state index < -0.39 is 0 Å². The molecule has 0 amide bonds. The smallest absolute Gasteiger partial charge is 0.0450 e. The van der Waals surface area contributed by atoms with Crippen LogP contribution in [0.4, 0.5) is 0 Å². The molecular weight excluding hydrogens is 278 g/mol. The highest BCUT2D eigenvalue weighted by Crippen LogP contribution is 2.36. The van der Waals surface area contributed by atoms with Gasteiger partial charge in [0.05, 0.1) is 0 Å². The predicted octanol–water partition coefficient (Wildman–Crippen LogP) is 6.58. The molecule has 23 heavy (non-hydrogen) atoms. The summed E-state index contributed by atoms with van der Waals surface area (Å²) in [6.07, 6.45) is 1.92. The quantitative estimate of drug-likeness (QED) is 0.557. The number of rotatable bonds is 4. The molecule has 0 aliphatic heterocycles. The van der Waals surface area contributed by atoms with Gasteiger partial charge in [0, 0.05) is 11.4 Å². The summed E-state index contributed by atoms with van der Waals surface area (Å²) in [5.74, 6) is 0. The molecule has 128 valence electrons. The molecule has 1 aromatic rings. The topological polar surface area (TPSA) is 12.4 Å². The standard InChI is InChI=1S/C22H35N/c1-11-15(3)23-16(4)18-14-20(22(8,9)10)19(21(5,6)7)13-17(18)12-2/h13-14H,3,11-12H2,1-2,4-10H3/b23-16+. The third-order valence-electron chi connectivity index (χ3n) is 4.36. The van der Waals surface area contributed by atoms with Gasteiger partial charge in [-0.1, -0.05) is 68.0 Å². The number of hydrogen-bond donors (Lipinski definition) is 0. The van der Waals surface area contributed by atoms with E-state index in [0.717, 1.165) is 24.3 Å². The Kier molecular flexibility index (Phi) is 6.01. The summed E-state index contributed by atoms with van der Waals surface area (Å²) in [5.41, 5.74) is 7.82. The fourth-order valence-corrected chi connectivity index (χ4v) is 2.89. The van der Waals surface area contributed by atoms with E-state index in [1.54, 1.807) is 0 Å². The minimum Gasteiger partial charge on any atom is -0.258 e. The first-order valence-electron chi connectivity index (χ1n) is 8.83. The Morgan fingerprint density at radius 2 is 1.43 bits per heavy atom. The van der Waals surface area contributed by atoms with Crippen molar-refractivity contribution in [2.24, 2.45) is 4.99 Å². The summed E-state index contributed by atoms with van der Waals surface area (Å²) in [7, 11) is 0. The molecule has 1 nitrogen and oxygen atoms in total. The van der Waals surface area contributed by atoms with E-state index in [2.05, 4.69) is 81.0 Å². The fourth-order valence-electron chi connectivity index (χ4n) is 2.89. The zero-order valence-corrected chi connectivity index (χ0v) is 16.7. The first kappa shape index (κ1) is 19.7. The van der Waals surface area contributed by atoms with Crippen molar-refractivity contribution in [3.8, 4) is 0 Å². The second-order valence-electron chi connectivity index (χ2n) is 8.53. The van der Waals surface area contributed by atoms with E-state index in [1.807, 2.05) is 0 Å². The Hall–Kier alpha value is -1.37. The lowest BCUT2D eigenvalue weighted by Gasteiger charge is -2.32. The Morgan fingerprint density at radius 1 is 0.957 bits per heavy atom. The first-order chi connectivity index (χ1) is 10.4. The van der Waals surface area contributed by atoms with Gasteiger partial charge in [-0.25, -0.2) is 0 Å². The van der Waals surface area contributed by atoms with Crippen LogP contribution in [0.25, 0.3) is 0 Å². The van der Waals surface area contributed by atoms with E-state index in [9.17, 15) is 0 Å². The third-order valence-corrected chi connectivity index (χ3v) is 4.36. The molecule has 0 atom stereocenters. The van der Waals surface area contributed by atoms with E-state index in [-0.39, 0.29) is 10.8 Å². The van der Waals surface area contributed by atoms with Crippen molar-refractivity contribution in [3.63, 3.8) is 0 Å². The zero-order chi connectivity index (χ0) is 18.0. The van der Waals surface area contributed by atoms with Crippen molar-refractivity contribution in [3.05, 3.63) is 46.7 Å². The van der Waals surface area contributed by atoms with Gasteiger partial charge in [0.2, 0.25) is 0 Å². The van der Waals surface area contributed by atoms with Gasteiger partial charge in [-0.05, 0) is 58.9 Å². The van der Waals surface area contributed by atoms with E-state index in [1.165, 1.54) is 22.3 Å². The van der Waals surface area contributed by atoms with Crippen molar-refractivity contribution in [1.82, 2.24) is 0 Å². The molecule has 0 aliphatic rings. The molecule has 0 radical (unpaired) electrons. The van der Waals surface area contributed by atoms with E-state index in [0.29, 0.717) is 0 Å². The molecule has 0 bridgehead atoms. The molecule has 0 heterocycles. The summed E-state index contributed by atoms with van der Waals surface area (Å²) in [5, 5.41) is 0. The van der Waals surface area contributed by atoms with E-state index >= 15 is 0 Å². The summed E-state index contributed by atoms with van der Waals surface area (Å²) in [6, 6.07) is 4.78. The second kappa shape index (κ2) is 7.03. The summed E-state index contributed by atoms with van der Waals surface area (Å²) in [6.45, 7) is 24.3. The summed E-state index contributed by atoms with van der Waals surface area (Å²) in [4.78, 5) is 4.71. The Bertz CT molecular complexity index is 604. The van der Waals surface area contributed by atoms with Gasteiger partial charge in [-0.2, -0.15) is 0 Å². The van der Waals surface area contributed by atoms with Crippen molar-refractivity contribution in [2.75, 3.05) is 0 Å². The van der Waals surface area contributed by atoms with Crippen LogP contribution in [0.15, 0.2) is 29.4 Å². The highest BCUT2D eigenvalue weighted by molar-refractivity contribution is 6.01. The molecule has 0 saturated heterocycles. The molecule has 1 aromatic carbocycles. The summed E-state index contributed by atoms with van der Waals surface area (Å²) >= 11 is 0. The molecule has 1 rings (SSSR count). The lowest BCUT2D eigenvalue weighted by Crippen LogP contribution is -2.23. The van der Waals surface area contributed by atoms with Crippen LogP contribution in [0, 0.1) is 0 Å². The lowest BCUT2D eigenvalue weighted by atomic mass is 9.73. The van der Waals surface area contributed by atoms with Crippen LogP contribution >= 0.6 is 0 Å². The number of aryl methyl sites for hydroxylation is 1. The third kappa shape index (κ3) is 4.80. The van der Waals surface area contributed by atoms with Crippen LogP contribution in [-0.4, -0.2) is 5.71 Å². The number of nitrogens with zero attached hydrogens (tertiary/aromatic N) is 1. The highest BCUT2D eigenvalue weighted by Gasteiger charge is 2.26. The van der Waals surface area contributed by atoms with Crippen LogP contribution in [0.2, 0.25) is 0 Å². The largest absolute Gasteiger partial charge is 0.258 e. The Labute approximate surface area is 143 Å². The molecule has 0 N–H and O–H groups in total. The van der Waals surface area contributed by atoms with Gasteiger partial charge in [-0.3, -0.25) is 4.99 Å². The lowest BCUT2D eigenvalue weighted by molar-refractivity contribution is 0.529. The Morgan fingerprint density at radius 3 is 1.83 bits per heavy atom. The molecule has 0 fully saturated rings. The van der Waals surface area contributed by atoms with Crippen LogP contribution in [-0.2, 0) is 17.3 Å². The molecule has 0 spiro atoms. The average molecular weight is 314 g/mol. The molecule has 0 aromatic heterocycles. The second-order valence-corrected chi connectivity index (χ2v) is 8.53. The van der Waals surface area contributed by atoms with Crippen molar-refractivity contribution < 1.29 is 0 Å². The number of allylic oxidation sites excluding steroid dienone is 1. The molecular formula is C22H35N. The minimum absolute atomic E-state index is 0.117. The highest BCUT2D eigenvalue weighted by atomic mass is 14.7. The fraction of sp³-hybridized carbons (Fsp3) is 0.591. The van der Waals surface area contributed by atoms with Gasteiger partial charge >= 0.3 is 0 Å². The minimum atomic E-state index is 0.117. The molecule has 0 unspecified atom stereocenters. The average Bonchev–Trinajstić information content (AvgIpc) is 2.43.